The van der Waals surface area contributed by atoms with E-state index in [1.165, 1.54) is 0 Å². The molecular formula is C8H15N5. The maximum Gasteiger partial charge on any atom is 0.165 e. The van der Waals surface area contributed by atoms with Crippen LogP contribution in [0, 0.1) is 0 Å². The first-order chi connectivity index (χ1) is 6.25. The van der Waals surface area contributed by atoms with Crippen LogP contribution in [0.4, 0.5) is 5.82 Å². The molecule has 1 fully saturated rings. The number of hydrogen-bond donors (Lipinski definition) is 1. The van der Waals surface area contributed by atoms with Gasteiger partial charge in [-0.25, -0.2) is 0 Å². The Morgan fingerprint density at radius 3 is 2.69 bits per heavy atom. The van der Waals surface area contributed by atoms with E-state index in [9.17, 15) is 0 Å². The van der Waals surface area contributed by atoms with Crippen molar-refractivity contribution in [3.8, 4) is 0 Å². The number of piperidine rings is 1. The van der Waals surface area contributed by atoms with E-state index in [1.807, 2.05) is 0 Å². The fourth-order valence-electron chi connectivity index (χ4n) is 1.69. The summed E-state index contributed by atoms with van der Waals surface area (Å²) in [6, 6.07) is 0.438. The van der Waals surface area contributed by atoms with Gasteiger partial charge in [0.15, 0.2) is 5.82 Å². The molecule has 1 aromatic rings. The molecule has 1 aliphatic heterocycles. The average molecular weight is 181 g/mol. The van der Waals surface area contributed by atoms with E-state index in [0.29, 0.717) is 11.9 Å². The Kier molecular flexibility index (Phi) is 2.18. The molecule has 0 unspecified atom stereocenters. The van der Waals surface area contributed by atoms with Gasteiger partial charge in [-0.05, 0) is 33.0 Å². The van der Waals surface area contributed by atoms with Crippen LogP contribution in [0.25, 0.3) is 0 Å². The molecule has 0 atom stereocenters. The molecule has 2 heterocycles. The molecule has 5 nitrogen and oxygen atoms in total. The van der Waals surface area contributed by atoms with E-state index < -0.39 is 0 Å². The topological polar surface area (TPSA) is 60.0 Å². The number of nitrogens with two attached hydrogens (primary N) is 1. The Bertz CT molecular complexity index is 274. The van der Waals surface area contributed by atoms with Crippen LogP contribution in [0.2, 0.25) is 0 Å². The summed E-state index contributed by atoms with van der Waals surface area (Å²) in [6.07, 6.45) is 3.84. The van der Waals surface area contributed by atoms with Crippen LogP contribution < -0.4 is 5.73 Å². The molecule has 0 spiro atoms. The van der Waals surface area contributed by atoms with E-state index in [1.54, 1.807) is 11.0 Å². The second kappa shape index (κ2) is 3.33. The van der Waals surface area contributed by atoms with Crippen LogP contribution in [0.1, 0.15) is 18.9 Å². The first-order valence-electron chi connectivity index (χ1n) is 4.61. The van der Waals surface area contributed by atoms with Crippen molar-refractivity contribution >= 4 is 5.82 Å². The van der Waals surface area contributed by atoms with E-state index >= 15 is 0 Å². The number of anilines is 1. The molecule has 0 amide bonds. The van der Waals surface area contributed by atoms with Crippen LogP contribution in [0.5, 0.6) is 0 Å². The monoisotopic (exact) mass is 181 g/mol. The summed E-state index contributed by atoms with van der Waals surface area (Å²) >= 11 is 0. The van der Waals surface area contributed by atoms with Crippen LogP contribution in [0.15, 0.2) is 6.20 Å². The van der Waals surface area contributed by atoms with Gasteiger partial charge in [-0.3, -0.25) is 0 Å². The lowest BCUT2D eigenvalue weighted by molar-refractivity contribution is 0.201. The zero-order valence-electron chi connectivity index (χ0n) is 7.85. The highest BCUT2D eigenvalue weighted by Gasteiger charge is 2.19. The molecular weight excluding hydrogens is 166 g/mol. The number of nitrogen functional groups attached to an aromatic ring is 1. The Morgan fingerprint density at radius 2 is 2.15 bits per heavy atom. The molecule has 5 heteroatoms. The van der Waals surface area contributed by atoms with Crippen molar-refractivity contribution in [3.63, 3.8) is 0 Å². The predicted molar refractivity (Wildman–Crippen MR) is 50.2 cm³/mol. The van der Waals surface area contributed by atoms with Crippen molar-refractivity contribution in [1.82, 2.24) is 19.9 Å². The number of hydrogen-bond acceptors (Lipinski definition) is 4. The highest BCUT2D eigenvalue weighted by atomic mass is 15.5. The molecule has 2 rings (SSSR count). The molecule has 0 saturated carbocycles. The van der Waals surface area contributed by atoms with Crippen molar-refractivity contribution in [2.24, 2.45) is 0 Å². The van der Waals surface area contributed by atoms with E-state index in [-0.39, 0.29) is 0 Å². The van der Waals surface area contributed by atoms with Crippen LogP contribution in [0.3, 0.4) is 0 Å². The van der Waals surface area contributed by atoms with Gasteiger partial charge in [-0.1, -0.05) is 0 Å². The minimum atomic E-state index is 0.438. The maximum absolute atomic E-state index is 5.51. The highest BCUT2D eigenvalue weighted by Crippen LogP contribution is 2.19. The van der Waals surface area contributed by atoms with Crippen molar-refractivity contribution in [1.29, 1.82) is 0 Å². The maximum atomic E-state index is 5.51. The Hall–Kier alpha value is -1.10. The number of likely N-dealkylation sites (tertiary alicyclic amines) is 1. The van der Waals surface area contributed by atoms with Gasteiger partial charge >= 0.3 is 0 Å². The summed E-state index contributed by atoms with van der Waals surface area (Å²) in [5, 5.41) is 8.25. The minimum absolute atomic E-state index is 0.438. The zero-order valence-corrected chi connectivity index (χ0v) is 7.85. The van der Waals surface area contributed by atoms with Gasteiger partial charge in [0.2, 0.25) is 0 Å². The van der Waals surface area contributed by atoms with Crippen molar-refractivity contribution in [3.05, 3.63) is 6.20 Å². The Labute approximate surface area is 77.5 Å². The lowest BCUT2D eigenvalue weighted by atomic mass is 10.1. The summed E-state index contributed by atoms with van der Waals surface area (Å²) in [7, 11) is 2.14. The van der Waals surface area contributed by atoms with Crippen molar-refractivity contribution in [2.75, 3.05) is 25.9 Å². The highest BCUT2D eigenvalue weighted by molar-refractivity contribution is 5.19. The van der Waals surface area contributed by atoms with Gasteiger partial charge in [-0.15, -0.1) is 5.10 Å². The van der Waals surface area contributed by atoms with Crippen LogP contribution >= 0.6 is 0 Å². The molecule has 1 aromatic heterocycles. The Balaban J connectivity index is 2.02. The number of aromatic nitrogens is 3. The molecule has 13 heavy (non-hydrogen) atoms. The SMILES string of the molecule is CN1CCC(n2ncc(N)n2)CC1. The molecule has 72 valence electrons. The molecule has 0 radical (unpaired) electrons. The average Bonchev–Trinajstić information content (AvgIpc) is 2.53. The lowest BCUT2D eigenvalue weighted by Gasteiger charge is -2.27. The van der Waals surface area contributed by atoms with Crippen molar-refractivity contribution in [2.45, 2.75) is 18.9 Å². The summed E-state index contributed by atoms with van der Waals surface area (Å²) in [5.41, 5.74) is 5.51. The summed E-state index contributed by atoms with van der Waals surface area (Å²) < 4.78 is 0. The minimum Gasteiger partial charge on any atom is -0.381 e. The van der Waals surface area contributed by atoms with Gasteiger partial charge in [0.05, 0.1) is 12.2 Å². The second-order valence-electron chi connectivity index (χ2n) is 3.62. The molecule has 0 bridgehead atoms. The largest absolute Gasteiger partial charge is 0.381 e. The fourth-order valence-corrected chi connectivity index (χ4v) is 1.69. The third kappa shape index (κ3) is 1.80. The molecule has 0 aliphatic carbocycles. The van der Waals surface area contributed by atoms with E-state index in [2.05, 4.69) is 22.1 Å². The van der Waals surface area contributed by atoms with Gasteiger partial charge in [0.25, 0.3) is 0 Å². The number of nitrogens with zero attached hydrogens (tertiary/aromatic N) is 4. The summed E-state index contributed by atoms with van der Waals surface area (Å²) in [5.74, 6) is 0.513. The van der Waals surface area contributed by atoms with E-state index in [4.69, 9.17) is 5.73 Å². The normalized spacial score (nSPS) is 20.7. The van der Waals surface area contributed by atoms with Gasteiger partial charge in [0.1, 0.15) is 0 Å². The standard InChI is InChI=1S/C8H15N5/c1-12-4-2-7(3-5-12)13-10-6-8(9)11-13/h6-7H,2-5H2,1H3,(H2,9,11). The second-order valence-corrected chi connectivity index (χ2v) is 3.62. The van der Waals surface area contributed by atoms with Crippen LogP contribution in [-0.2, 0) is 0 Å². The molecule has 1 saturated heterocycles. The zero-order chi connectivity index (χ0) is 9.26. The van der Waals surface area contributed by atoms with Crippen molar-refractivity contribution < 1.29 is 0 Å². The lowest BCUT2D eigenvalue weighted by Crippen LogP contribution is -2.32. The first kappa shape index (κ1) is 8.50. The smallest absolute Gasteiger partial charge is 0.165 e. The molecule has 2 N–H and O–H groups in total. The Morgan fingerprint density at radius 1 is 1.46 bits per heavy atom. The molecule has 1 aliphatic rings. The van der Waals surface area contributed by atoms with Gasteiger partial charge in [-0.2, -0.15) is 9.90 Å². The summed E-state index contributed by atoms with van der Waals surface area (Å²) in [6.45, 7) is 2.23. The van der Waals surface area contributed by atoms with E-state index in [0.717, 1.165) is 25.9 Å². The van der Waals surface area contributed by atoms with Gasteiger partial charge in [0, 0.05) is 0 Å². The molecule has 0 aromatic carbocycles. The third-order valence-corrected chi connectivity index (χ3v) is 2.54. The third-order valence-electron chi connectivity index (χ3n) is 2.54. The summed E-state index contributed by atoms with van der Waals surface area (Å²) in [4.78, 5) is 4.08. The predicted octanol–water partition coefficient (Wildman–Crippen LogP) is 0.127. The fraction of sp³-hybridized carbons (Fsp3) is 0.750. The quantitative estimate of drug-likeness (QED) is 0.669. The van der Waals surface area contributed by atoms with Gasteiger partial charge < -0.3 is 10.6 Å². The first-order valence-corrected chi connectivity index (χ1v) is 4.61. The van der Waals surface area contributed by atoms with Crippen LogP contribution in [-0.4, -0.2) is 40.0 Å². The number of rotatable bonds is 1.